The summed E-state index contributed by atoms with van der Waals surface area (Å²) < 4.78 is 10.6. The summed E-state index contributed by atoms with van der Waals surface area (Å²) in [5, 5.41) is 6.60. The van der Waals surface area contributed by atoms with E-state index in [-0.39, 0.29) is 56.9 Å². The summed E-state index contributed by atoms with van der Waals surface area (Å²) in [6, 6.07) is 5.33. The molecular weight excluding hydrogens is 486 g/mol. The van der Waals surface area contributed by atoms with Gasteiger partial charge in [0, 0.05) is 15.5 Å². The van der Waals surface area contributed by atoms with Gasteiger partial charge in [0.15, 0.2) is 11.5 Å². The maximum Gasteiger partial charge on any atom is 0.305 e. The topological polar surface area (TPSA) is 101 Å². The number of imide groups is 1. The molecule has 2 aliphatic carbocycles. The maximum absolute atomic E-state index is 13.5. The van der Waals surface area contributed by atoms with Crippen LogP contribution in [0.4, 0.5) is 0 Å². The van der Waals surface area contributed by atoms with E-state index in [4.69, 9.17) is 9.47 Å². The summed E-state index contributed by atoms with van der Waals surface area (Å²) in [5.41, 5.74) is 0.526. The number of benzene rings is 1. The van der Waals surface area contributed by atoms with Crippen LogP contribution < -0.4 is 14.3 Å². The van der Waals surface area contributed by atoms with Crippen LogP contribution in [0.25, 0.3) is 0 Å². The van der Waals surface area contributed by atoms with Crippen LogP contribution in [0.5, 0.6) is 11.5 Å². The molecule has 0 spiro atoms. The molecule has 6 rings (SSSR count). The summed E-state index contributed by atoms with van der Waals surface area (Å²) in [4.78, 5) is 43.3. The number of hydrogen-bond acceptors (Lipinski definition) is 8. The fourth-order valence-electron chi connectivity index (χ4n) is 7.05. The van der Waals surface area contributed by atoms with Crippen molar-refractivity contribution in [2.45, 2.75) is 42.4 Å². The number of thioether (sulfide) groups is 1. The Labute approximate surface area is 211 Å². The molecule has 0 radical (unpaired) electrons. The lowest BCUT2D eigenvalue weighted by molar-refractivity contribution is -0.140. The van der Waals surface area contributed by atoms with E-state index in [2.05, 4.69) is 23.9 Å². The van der Waals surface area contributed by atoms with E-state index in [0.29, 0.717) is 17.1 Å². The molecule has 1 saturated heterocycles. The Morgan fingerprint density at radius 3 is 2.54 bits per heavy atom. The predicted molar refractivity (Wildman–Crippen MR) is 133 cm³/mol. The van der Waals surface area contributed by atoms with E-state index in [0.717, 1.165) is 27.8 Å². The van der Waals surface area contributed by atoms with Crippen molar-refractivity contribution in [2.75, 3.05) is 14.2 Å². The van der Waals surface area contributed by atoms with Crippen LogP contribution in [-0.4, -0.2) is 47.5 Å². The first kappa shape index (κ1) is 22.8. The number of methoxy groups -OCH3 is 2. The van der Waals surface area contributed by atoms with Gasteiger partial charge in [0.25, 0.3) is 11.8 Å². The maximum atomic E-state index is 13.5. The Balaban J connectivity index is 1.31. The number of amides is 2. The van der Waals surface area contributed by atoms with E-state index in [1.54, 1.807) is 44.2 Å². The van der Waals surface area contributed by atoms with Gasteiger partial charge in [0.2, 0.25) is 0 Å². The number of fused-ring (bicyclic) bond motifs is 9. The van der Waals surface area contributed by atoms with Crippen molar-refractivity contribution >= 4 is 41.1 Å². The third-order valence-electron chi connectivity index (χ3n) is 8.67. The van der Waals surface area contributed by atoms with Gasteiger partial charge >= 0.3 is 4.87 Å². The van der Waals surface area contributed by atoms with Crippen LogP contribution in [0.3, 0.4) is 0 Å². The highest BCUT2D eigenvalue weighted by atomic mass is 32.2. The molecule has 10 heteroatoms. The fraction of sp³-hybridized carbons (Fsp3) is 0.520. The number of H-pyrrole nitrogens is 1. The monoisotopic (exact) mass is 513 g/mol. The molecule has 0 unspecified atom stereocenters. The quantitative estimate of drug-likeness (QED) is 0.485. The summed E-state index contributed by atoms with van der Waals surface area (Å²) in [5.74, 6) is 0.570. The van der Waals surface area contributed by atoms with Crippen LogP contribution in [-0.2, 0) is 15.0 Å². The van der Waals surface area contributed by atoms with Crippen LogP contribution in [0, 0.1) is 29.6 Å². The Hall–Kier alpha value is -2.59. The number of thiazole rings is 1. The third-order valence-corrected chi connectivity index (χ3v) is 11.4. The number of hydrogen-bond donors (Lipinski definition) is 1. The van der Waals surface area contributed by atoms with E-state index in [1.807, 2.05) is 0 Å². The van der Waals surface area contributed by atoms with Crippen molar-refractivity contribution in [1.29, 1.82) is 0 Å². The third kappa shape index (κ3) is 3.05. The zero-order valence-electron chi connectivity index (χ0n) is 19.9. The van der Waals surface area contributed by atoms with Gasteiger partial charge < -0.3 is 14.5 Å². The zero-order chi connectivity index (χ0) is 24.6. The fourth-order valence-corrected chi connectivity index (χ4v) is 10.2. The van der Waals surface area contributed by atoms with Crippen LogP contribution in [0.1, 0.15) is 37.1 Å². The van der Waals surface area contributed by atoms with Crippen molar-refractivity contribution in [3.63, 3.8) is 0 Å². The average Bonchev–Trinajstić information content (AvgIpc) is 3.59. The first-order valence-electron chi connectivity index (χ1n) is 11.9. The van der Waals surface area contributed by atoms with Crippen molar-refractivity contribution in [3.05, 3.63) is 38.3 Å². The summed E-state index contributed by atoms with van der Waals surface area (Å²) >= 11 is 3.01. The molecule has 1 aromatic carbocycles. The predicted octanol–water partition coefficient (Wildman–Crippen LogP) is 3.50. The van der Waals surface area contributed by atoms with Gasteiger partial charge in [0.05, 0.1) is 37.3 Å². The normalized spacial score (nSPS) is 34.9. The second kappa shape index (κ2) is 7.96. The van der Waals surface area contributed by atoms with Crippen LogP contribution in [0.15, 0.2) is 33.1 Å². The molecule has 2 saturated carbocycles. The van der Waals surface area contributed by atoms with Crippen molar-refractivity contribution in [1.82, 2.24) is 9.99 Å². The molecular formula is C25H27N3O5S2. The molecule has 8 nitrogen and oxygen atoms in total. The summed E-state index contributed by atoms with van der Waals surface area (Å²) in [6.45, 7) is 4.39. The molecule has 2 bridgehead atoms. The van der Waals surface area contributed by atoms with Gasteiger partial charge in [-0.1, -0.05) is 25.2 Å². The van der Waals surface area contributed by atoms with Crippen molar-refractivity contribution in [3.8, 4) is 11.5 Å². The first-order chi connectivity index (χ1) is 16.8. The SMILES string of the molecule is CC[C@@]1(C)c2sc(=O)[nH]c2S[C@@H]2[C@H]3C[C@H]([C@H]4C(=O)N(/N=C/c5ccc(OC)c(OC)c5)C(=O)[C@@H]34)[C@@H]21. The van der Waals surface area contributed by atoms with E-state index < -0.39 is 0 Å². The molecule has 7 atom stereocenters. The van der Waals surface area contributed by atoms with Crippen molar-refractivity contribution < 1.29 is 19.1 Å². The van der Waals surface area contributed by atoms with Gasteiger partial charge in [-0.15, -0.1) is 11.8 Å². The van der Waals surface area contributed by atoms with Gasteiger partial charge in [-0.25, -0.2) is 0 Å². The number of ether oxygens (including phenoxy) is 2. The van der Waals surface area contributed by atoms with Crippen LogP contribution in [0.2, 0.25) is 0 Å². The molecule has 1 aromatic heterocycles. The number of carbonyl (C=O) groups excluding carboxylic acids is 2. The summed E-state index contributed by atoms with van der Waals surface area (Å²) in [6.07, 6.45) is 3.30. The Kier molecular flexibility index (Phi) is 5.20. The molecule has 1 N–H and O–H groups in total. The second-order valence-electron chi connectivity index (χ2n) is 10.0. The van der Waals surface area contributed by atoms with E-state index in [1.165, 1.54) is 17.6 Å². The molecule has 35 heavy (non-hydrogen) atoms. The highest BCUT2D eigenvalue weighted by Gasteiger charge is 2.71. The second-order valence-corrected chi connectivity index (χ2v) is 12.2. The molecule has 4 aliphatic rings. The number of rotatable bonds is 5. The molecule has 2 aromatic rings. The van der Waals surface area contributed by atoms with Gasteiger partial charge in [-0.05, 0) is 54.4 Å². The number of aromatic amines is 1. The van der Waals surface area contributed by atoms with Gasteiger partial charge in [-0.3, -0.25) is 14.4 Å². The average molecular weight is 514 g/mol. The molecule has 184 valence electrons. The molecule has 3 fully saturated rings. The number of hydrazone groups is 1. The molecule has 2 amide bonds. The van der Waals surface area contributed by atoms with Crippen LogP contribution >= 0.6 is 23.1 Å². The number of nitrogens with zero attached hydrogens (tertiary/aromatic N) is 2. The minimum Gasteiger partial charge on any atom is -0.493 e. The lowest BCUT2D eigenvalue weighted by Gasteiger charge is -2.48. The lowest BCUT2D eigenvalue weighted by atomic mass is 9.62. The van der Waals surface area contributed by atoms with Gasteiger partial charge in [0.1, 0.15) is 0 Å². The highest BCUT2D eigenvalue weighted by molar-refractivity contribution is 8.00. The molecule has 3 heterocycles. The zero-order valence-corrected chi connectivity index (χ0v) is 21.6. The standard InChI is InChI=1S/C25H27N3O5S2/c1-5-25(2)18-12-9-13(19(18)34-21-20(25)35-24(31)27-21)17-16(12)22(29)28(23(17)30)26-10-11-6-7-14(32-3)15(8-11)33-4/h6-8,10,12-13,16-19H,5,9H2,1-4H3,(H,27,31)/b26-10+/t12-,13+,16-,17+,18+,19-,25-/m1/s1. The van der Waals surface area contributed by atoms with E-state index >= 15 is 0 Å². The smallest absolute Gasteiger partial charge is 0.305 e. The Bertz CT molecular complexity index is 1320. The largest absolute Gasteiger partial charge is 0.493 e. The molecule has 2 aliphatic heterocycles. The Morgan fingerprint density at radius 2 is 1.86 bits per heavy atom. The lowest BCUT2D eigenvalue weighted by Crippen LogP contribution is -2.49. The number of aromatic nitrogens is 1. The highest BCUT2D eigenvalue weighted by Crippen LogP contribution is 2.69. The van der Waals surface area contributed by atoms with Crippen molar-refractivity contribution in [2.24, 2.45) is 34.7 Å². The van der Waals surface area contributed by atoms with E-state index in [9.17, 15) is 14.4 Å². The number of nitrogens with one attached hydrogen (secondary N) is 1. The first-order valence-corrected chi connectivity index (χ1v) is 13.6. The summed E-state index contributed by atoms with van der Waals surface area (Å²) in [7, 11) is 3.12. The number of carbonyl (C=O) groups is 2. The minimum absolute atomic E-state index is 0.0301. The van der Waals surface area contributed by atoms with Gasteiger partial charge in [-0.2, -0.15) is 10.1 Å². The minimum atomic E-state index is -0.336. The Morgan fingerprint density at radius 1 is 1.14 bits per heavy atom.